The Morgan fingerprint density at radius 1 is 1.29 bits per heavy atom. The number of rotatable bonds is 0. The summed E-state index contributed by atoms with van der Waals surface area (Å²) in [7, 11) is 0. The van der Waals surface area contributed by atoms with Gasteiger partial charge in [-0.15, -0.1) is 0 Å². The van der Waals surface area contributed by atoms with E-state index in [0.29, 0.717) is 6.42 Å². The molecule has 0 amide bonds. The van der Waals surface area contributed by atoms with E-state index in [-0.39, 0.29) is 22.9 Å². The number of ketones is 2. The number of Topliss-reactive ketones (excluding diaryl/α,β-unsaturated/α-hetero) is 1. The molecule has 0 spiro atoms. The minimum Gasteiger partial charge on any atom is -0.299 e. The highest BCUT2D eigenvalue weighted by Crippen LogP contribution is 2.56. The Morgan fingerprint density at radius 3 is 2.47 bits per heavy atom. The zero-order valence-electron chi connectivity index (χ0n) is 11.1. The molecule has 1 fully saturated rings. The third-order valence-corrected chi connectivity index (χ3v) is 4.76. The highest BCUT2D eigenvalue weighted by Gasteiger charge is 2.56. The molecule has 2 aliphatic carbocycles. The van der Waals surface area contributed by atoms with Crippen LogP contribution in [0.4, 0.5) is 0 Å². The van der Waals surface area contributed by atoms with Crippen LogP contribution in [0.2, 0.25) is 0 Å². The molecular formula is C15H20O2. The minimum absolute atomic E-state index is 0.0930. The molecule has 2 nitrogen and oxygen atoms in total. The average molecular weight is 232 g/mol. The molecule has 17 heavy (non-hydrogen) atoms. The van der Waals surface area contributed by atoms with E-state index in [4.69, 9.17) is 0 Å². The van der Waals surface area contributed by atoms with Crippen LogP contribution in [-0.4, -0.2) is 11.6 Å². The second-order valence-electron chi connectivity index (χ2n) is 6.20. The highest BCUT2D eigenvalue weighted by atomic mass is 16.1. The molecule has 0 heterocycles. The van der Waals surface area contributed by atoms with Crippen LogP contribution < -0.4 is 0 Å². The van der Waals surface area contributed by atoms with Crippen LogP contribution in [0.25, 0.3) is 0 Å². The number of fused-ring (bicyclic) bond motifs is 1. The van der Waals surface area contributed by atoms with E-state index >= 15 is 0 Å². The van der Waals surface area contributed by atoms with Crippen molar-refractivity contribution in [1.82, 2.24) is 0 Å². The van der Waals surface area contributed by atoms with E-state index in [2.05, 4.69) is 13.5 Å². The van der Waals surface area contributed by atoms with E-state index in [1.54, 1.807) is 6.08 Å². The summed E-state index contributed by atoms with van der Waals surface area (Å²) in [6.45, 7) is 12.0. The van der Waals surface area contributed by atoms with E-state index in [0.717, 1.165) is 17.6 Å². The smallest absolute Gasteiger partial charge is 0.160 e. The SMILES string of the molecule is C=C1C(C)=CC(=O)[C@@H]2C(C)(C)C(=O)CC[C@@]12C. The van der Waals surface area contributed by atoms with Crippen LogP contribution in [0.5, 0.6) is 0 Å². The fraction of sp³-hybridized carbons (Fsp3) is 0.600. The lowest BCUT2D eigenvalue weighted by Gasteiger charge is -2.51. The first-order valence-corrected chi connectivity index (χ1v) is 6.16. The van der Waals surface area contributed by atoms with Crippen LogP contribution in [0.15, 0.2) is 23.8 Å². The van der Waals surface area contributed by atoms with Crippen molar-refractivity contribution in [3.05, 3.63) is 23.8 Å². The first kappa shape index (κ1) is 12.3. The quantitative estimate of drug-likeness (QED) is 0.643. The van der Waals surface area contributed by atoms with Gasteiger partial charge in [-0.05, 0) is 30.6 Å². The molecule has 0 N–H and O–H groups in total. The van der Waals surface area contributed by atoms with Gasteiger partial charge >= 0.3 is 0 Å². The third kappa shape index (κ3) is 1.46. The standard InChI is InChI=1S/C15H20O2/c1-9-8-11(16)13-14(3,4)12(17)6-7-15(13,5)10(9)2/h8,13H,2,6-7H2,1,3-5H3/t13-,15+/m1/s1. The summed E-state index contributed by atoms with van der Waals surface area (Å²) in [6.07, 6.45) is 2.96. The topological polar surface area (TPSA) is 34.1 Å². The molecule has 0 aromatic rings. The van der Waals surface area contributed by atoms with Gasteiger partial charge in [-0.1, -0.05) is 27.4 Å². The van der Waals surface area contributed by atoms with E-state index in [1.807, 2.05) is 20.8 Å². The lowest BCUT2D eigenvalue weighted by Crippen LogP contribution is -2.53. The van der Waals surface area contributed by atoms with Crippen molar-refractivity contribution >= 4 is 11.6 Å². The fourth-order valence-electron chi connectivity index (χ4n) is 3.63. The average Bonchev–Trinajstić information content (AvgIpc) is 2.21. The van der Waals surface area contributed by atoms with Crippen molar-refractivity contribution in [2.24, 2.45) is 16.7 Å². The summed E-state index contributed by atoms with van der Waals surface area (Å²) in [5.41, 5.74) is 1.19. The fourth-order valence-corrected chi connectivity index (χ4v) is 3.63. The molecule has 2 rings (SSSR count). The predicted molar refractivity (Wildman–Crippen MR) is 67.5 cm³/mol. The van der Waals surface area contributed by atoms with Crippen molar-refractivity contribution in [2.45, 2.75) is 40.5 Å². The van der Waals surface area contributed by atoms with Gasteiger partial charge in [0.25, 0.3) is 0 Å². The third-order valence-electron chi connectivity index (χ3n) is 4.76. The van der Waals surface area contributed by atoms with Crippen LogP contribution in [-0.2, 0) is 9.59 Å². The summed E-state index contributed by atoms with van der Waals surface area (Å²) < 4.78 is 0. The molecule has 0 saturated heterocycles. The van der Waals surface area contributed by atoms with Gasteiger partial charge in [0.1, 0.15) is 5.78 Å². The molecule has 2 atom stereocenters. The maximum Gasteiger partial charge on any atom is 0.160 e. The number of hydrogen-bond donors (Lipinski definition) is 0. The summed E-state index contributed by atoms with van der Waals surface area (Å²) in [4.78, 5) is 24.3. The van der Waals surface area contributed by atoms with Gasteiger partial charge in [0.05, 0.1) is 0 Å². The Kier molecular flexibility index (Phi) is 2.46. The summed E-state index contributed by atoms with van der Waals surface area (Å²) in [5.74, 6) is 0.0528. The van der Waals surface area contributed by atoms with Gasteiger partial charge in [-0.25, -0.2) is 0 Å². The minimum atomic E-state index is -0.565. The van der Waals surface area contributed by atoms with Crippen LogP contribution in [0.3, 0.4) is 0 Å². The molecule has 0 bridgehead atoms. The van der Waals surface area contributed by atoms with Gasteiger partial charge in [0, 0.05) is 23.2 Å². The molecule has 2 aliphatic rings. The Hall–Kier alpha value is -1.18. The molecule has 2 heteroatoms. The predicted octanol–water partition coefficient (Wildman–Crippen LogP) is 3.08. The lowest BCUT2D eigenvalue weighted by molar-refractivity contribution is -0.146. The van der Waals surface area contributed by atoms with Crippen LogP contribution >= 0.6 is 0 Å². The second kappa shape index (κ2) is 3.41. The van der Waals surface area contributed by atoms with Crippen LogP contribution in [0.1, 0.15) is 40.5 Å². The van der Waals surface area contributed by atoms with E-state index < -0.39 is 5.41 Å². The van der Waals surface area contributed by atoms with Crippen molar-refractivity contribution in [1.29, 1.82) is 0 Å². The largest absolute Gasteiger partial charge is 0.299 e. The van der Waals surface area contributed by atoms with E-state index in [9.17, 15) is 9.59 Å². The van der Waals surface area contributed by atoms with Crippen molar-refractivity contribution < 1.29 is 9.59 Å². The Balaban J connectivity index is 2.61. The number of hydrogen-bond acceptors (Lipinski definition) is 2. The zero-order chi connectivity index (χ0) is 13.0. The van der Waals surface area contributed by atoms with Crippen molar-refractivity contribution in [2.75, 3.05) is 0 Å². The number of allylic oxidation sites excluding steroid dienone is 3. The summed E-state index contributed by atoms with van der Waals surface area (Å²) >= 11 is 0. The number of carbonyl (C=O) groups excluding carboxylic acids is 2. The van der Waals surface area contributed by atoms with E-state index in [1.165, 1.54) is 0 Å². The Labute approximate surface area is 103 Å². The monoisotopic (exact) mass is 232 g/mol. The number of carbonyl (C=O) groups is 2. The van der Waals surface area contributed by atoms with Crippen molar-refractivity contribution in [3.63, 3.8) is 0 Å². The maximum atomic E-state index is 12.3. The summed E-state index contributed by atoms with van der Waals surface area (Å²) in [6, 6.07) is 0. The molecule has 0 aromatic heterocycles. The normalized spacial score (nSPS) is 36.6. The maximum absolute atomic E-state index is 12.3. The molecule has 92 valence electrons. The van der Waals surface area contributed by atoms with Gasteiger partial charge in [0.2, 0.25) is 0 Å². The highest BCUT2D eigenvalue weighted by molar-refractivity contribution is 6.01. The van der Waals surface area contributed by atoms with Crippen LogP contribution in [0, 0.1) is 16.7 Å². The van der Waals surface area contributed by atoms with Gasteiger partial charge in [-0.3, -0.25) is 9.59 Å². The molecule has 0 aliphatic heterocycles. The molecule has 0 unspecified atom stereocenters. The first-order valence-electron chi connectivity index (χ1n) is 6.16. The molecule has 1 saturated carbocycles. The zero-order valence-corrected chi connectivity index (χ0v) is 11.1. The van der Waals surface area contributed by atoms with Gasteiger partial charge < -0.3 is 0 Å². The summed E-state index contributed by atoms with van der Waals surface area (Å²) in [5, 5.41) is 0. The van der Waals surface area contributed by atoms with Crippen molar-refractivity contribution in [3.8, 4) is 0 Å². The first-order chi connectivity index (χ1) is 7.71. The Morgan fingerprint density at radius 2 is 1.88 bits per heavy atom. The molecular weight excluding hydrogens is 212 g/mol. The van der Waals surface area contributed by atoms with Gasteiger partial charge in [0.15, 0.2) is 5.78 Å². The lowest BCUT2D eigenvalue weighted by atomic mass is 9.50. The molecule has 0 radical (unpaired) electrons. The Bertz CT molecular complexity index is 454. The van der Waals surface area contributed by atoms with Gasteiger partial charge in [-0.2, -0.15) is 0 Å². The molecule has 0 aromatic carbocycles. The second-order valence-corrected chi connectivity index (χ2v) is 6.20.